The molecule has 0 saturated heterocycles. The van der Waals surface area contributed by atoms with Crippen LogP contribution < -0.4 is 10.1 Å². The molecule has 1 N–H and O–H groups in total. The van der Waals surface area contributed by atoms with Crippen LogP contribution in [-0.4, -0.2) is 36.7 Å². The maximum atomic E-state index is 12.2. The van der Waals surface area contributed by atoms with Gasteiger partial charge in [0.1, 0.15) is 5.75 Å². The van der Waals surface area contributed by atoms with E-state index < -0.39 is 12.6 Å². The number of hydrogen-bond acceptors (Lipinski definition) is 6. The highest BCUT2D eigenvalue weighted by atomic mass is 16.5. The number of ether oxygens (including phenoxy) is 2. The van der Waals surface area contributed by atoms with E-state index in [1.54, 1.807) is 55.5 Å². The maximum Gasteiger partial charge on any atom is 0.306 e. The Morgan fingerprint density at radius 3 is 2.03 bits per heavy atom. The van der Waals surface area contributed by atoms with Gasteiger partial charge in [-0.05, 0) is 55.0 Å². The third-order valence-electron chi connectivity index (χ3n) is 4.38. The van der Waals surface area contributed by atoms with Crippen LogP contribution >= 0.6 is 0 Å². The third kappa shape index (κ3) is 8.04. The molecule has 0 spiro atoms. The molecule has 31 heavy (non-hydrogen) atoms. The quantitative estimate of drug-likeness (QED) is 0.404. The molecule has 0 bridgehead atoms. The minimum absolute atomic E-state index is 0.00594. The van der Waals surface area contributed by atoms with Gasteiger partial charge in [-0.2, -0.15) is 0 Å². The summed E-state index contributed by atoms with van der Waals surface area (Å²) in [7, 11) is 0. The summed E-state index contributed by atoms with van der Waals surface area (Å²) in [4.78, 5) is 47.6. The lowest BCUT2D eigenvalue weighted by Gasteiger charge is -2.07. The van der Waals surface area contributed by atoms with Crippen LogP contribution in [0.3, 0.4) is 0 Å². The van der Waals surface area contributed by atoms with E-state index in [-0.39, 0.29) is 30.3 Å². The molecule has 0 aromatic heterocycles. The fourth-order valence-electron chi connectivity index (χ4n) is 2.61. The number of carbonyl (C=O) groups excluding carboxylic acids is 4. The molecular formula is C24H27NO6. The number of benzene rings is 2. The van der Waals surface area contributed by atoms with Crippen LogP contribution in [0.25, 0.3) is 0 Å². The fourth-order valence-corrected chi connectivity index (χ4v) is 2.61. The van der Waals surface area contributed by atoms with E-state index in [1.807, 2.05) is 6.92 Å². The Morgan fingerprint density at radius 1 is 0.806 bits per heavy atom. The van der Waals surface area contributed by atoms with Gasteiger partial charge >= 0.3 is 5.97 Å². The summed E-state index contributed by atoms with van der Waals surface area (Å²) < 4.78 is 10.5. The molecule has 2 aromatic carbocycles. The molecular weight excluding hydrogens is 398 g/mol. The van der Waals surface area contributed by atoms with Crippen molar-refractivity contribution in [2.75, 3.05) is 18.5 Å². The molecule has 1 amide bonds. The second kappa shape index (κ2) is 12.3. The van der Waals surface area contributed by atoms with Gasteiger partial charge in [0.2, 0.25) is 5.91 Å². The first kappa shape index (κ1) is 23.8. The number of ketones is 2. The number of hydrogen-bond donors (Lipinski definition) is 1. The summed E-state index contributed by atoms with van der Waals surface area (Å²) in [6.07, 6.45) is 1.14. The van der Waals surface area contributed by atoms with Crippen LogP contribution in [0.15, 0.2) is 48.5 Å². The summed E-state index contributed by atoms with van der Waals surface area (Å²) in [5, 5.41) is 2.69. The third-order valence-corrected chi connectivity index (χ3v) is 4.38. The van der Waals surface area contributed by atoms with Gasteiger partial charge in [0.05, 0.1) is 13.0 Å². The van der Waals surface area contributed by atoms with E-state index in [0.29, 0.717) is 35.6 Å². The monoisotopic (exact) mass is 425 g/mol. The van der Waals surface area contributed by atoms with Crippen molar-refractivity contribution in [3.8, 4) is 5.75 Å². The predicted molar refractivity (Wildman–Crippen MR) is 116 cm³/mol. The van der Waals surface area contributed by atoms with Gasteiger partial charge in [0, 0.05) is 29.7 Å². The number of nitrogens with one attached hydrogen (secondary N) is 1. The molecule has 0 saturated carbocycles. The van der Waals surface area contributed by atoms with Crippen LogP contribution in [0.2, 0.25) is 0 Å². The van der Waals surface area contributed by atoms with E-state index in [9.17, 15) is 19.2 Å². The van der Waals surface area contributed by atoms with Crippen molar-refractivity contribution in [1.29, 1.82) is 0 Å². The molecule has 0 unspecified atom stereocenters. The van der Waals surface area contributed by atoms with Crippen molar-refractivity contribution in [2.24, 2.45) is 0 Å². The first-order valence-corrected chi connectivity index (χ1v) is 10.3. The van der Waals surface area contributed by atoms with E-state index in [0.717, 1.165) is 6.42 Å². The Kier molecular flexibility index (Phi) is 9.42. The highest BCUT2D eigenvalue weighted by Crippen LogP contribution is 2.15. The number of carbonyl (C=O) groups is 4. The number of esters is 1. The summed E-state index contributed by atoms with van der Waals surface area (Å²) in [5.41, 5.74) is 1.44. The summed E-state index contributed by atoms with van der Waals surface area (Å²) in [6.45, 7) is 3.96. The van der Waals surface area contributed by atoms with Crippen LogP contribution in [0.4, 0.5) is 5.69 Å². The summed E-state index contributed by atoms with van der Waals surface area (Å²) in [5.74, 6) is -0.595. The van der Waals surface area contributed by atoms with Crippen molar-refractivity contribution in [3.63, 3.8) is 0 Å². The lowest BCUT2D eigenvalue weighted by atomic mass is 10.1. The normalized spacial score (nSPS) is 10.3. The van der Waals surface area contributed by atoms with Crippen molar-refractivity contribution < 1.29 is 28.7 Å². The van der Waals surface area contributed by atoms with Gasteiger partial charge < -0.3 is 14.8 Å². The smallest absolute Gasteiger partial charge is 0.306 e. The first-order valence-electron chi connectivity index (χ1n) is 10.3. The molecule has 2 rings (SSSR count). The molecule has 7 heteroatoms. The second-order valence-electron chi connectivity index (χ2n) is 6.86. The average Bonchev–Trinajstić information content (AvgIpc) is 2.80. The van der Waals surface area contributed by atoms with E-state index >= 15 is 0 Å². The standard InChI is InChI=1S/C24H27NO6/c1-3-15-30-20-11-7-17(8-12-20)21(26)13-14-24(29)31-16-22(27)18-5-9-19(10-6-18)25-23(28)4-2/h5-12H,3-4,13-16H2,1-2H3,(H,25,28). The lowest BCUT2D eigenvalue weighted by Crippen LogP contribution is -2.15. The zero-order chi connectivity index (χ0) is 22.6. The van der Waals surface area contributed by atoms with Gasteiger partial charge in [-0.3, -0.25) is 19.2 Å². The molecule has 7 nitrogen and oxygen atoms in total. The Morgan fingerprint density at radius 2 is 1.42 bits per heavy atom. The van der Waals surface area contributed by atoms with Crippen LogP contribution in [0.1, 0.15) is 60.2 Å². The lowest BCUT2D eigenvalue weighted by molar-refractivity contribution is -0.142. The first-order chi connectivity index (χ1) is 14.9. The molecule has 0 heterocycles. The van der Waals surface area contributed by atoms with Crippen molar-refractivity contribution in [2.45, 2.75) is 39.5 Å². The minimum atomic E-state index is -0.614. The zero-order valence-electron chi connectivity index (χ0n) is 17.8. The predicted octanol–water partition coefficient (Wildman–Crippen LogP) is 4.21. The summed E-state index contributed by atoms with van der Waals surface area (Å²) in [6, 6.07) is 13.1. The number of anilines is 1. The van der Waals surface area contributed by atoms with Crippen molar-refractivity contribution in [1.82, 2.24) is 0 Å². The van der Waals surface area contributed by atoms with Crippen LogP contribution in [0.5, 0.6) is 5.75 Å². The van der Waals surface area contributed by atoms with Gasteiger partial charge in [-0.15, -0.1) is 0 Å². The molecule has 164 valence electrons. The van der Waals surface area contributed by atoms with Crippen molar-refractivity contribution in [3.05, 3.63) is 59.7 Å². The van der Waals surface area contributed by atoms with Crippen LogP contribution in [-0.2, 0) is 14.3 Å². The number of rotatable bonds is 12. The van der Waals surface area contributed by atoms with Crippen LogP contribution in [0, 0.1) is 0 Å². The number of Topliss-reactive ketones (excluding diaryl/α,β-unsaturated/α-hetero) is 2. The van der Waals surface area contributed by atoms with Gasteiger partial charge in [-0.1, -0.05) is 13.8 Å². The molecule has 0 atom stereocenters. The second-order valence-corrected chi connectivity index (χ2v) is 6.86. The molecule has 2 aromatic rings. The highest BCUT2D eigenvalue weighted by Gasteiger charge is 2.13. The minimum Gasteiger partial charge on any atom is -0.494 e. The van der Waals surface area contributed by atoms with Gasteiger partial charge in [0.15, 0.2) is 18.2 Å². The Bertz CT molecular complexity index is 903. The molecule has 0 aliphatic heterocycles. The largest absolute Gasteiger partial charge is 0.494 e. The van der Waals surface area contributed by atoms with E-state index in [1.165, 1.54) is 0 Å². The van der Waals surface area contributed by atoms with Gasteiger partial charge in [0.25, 0.3) is 0 Å². The van der Waals surface area contributed by atoms with Crippen molar-refractivity contribution >= 4 is 29.1 Å². The molecule has 0 radical (unpaired) electrons. The fraction of sp³-hybridized carbons (Fsp3) is 0.333. The molecule has 0 aliphatic rings. The van der Waals surface area contributed by atoms with E-state index in [4.69, 9.17) is 9.47 Å². The zero-order valence-corrected chi connectivity index (χ0v) is 17.8. The molecule has 0 fully saturated rings. The Hall–Kier alpha value is -3.48. The topological polar surface area (TPSA) is 98.8 Å². The maximum absolute atomic E-state index is 12.2. The Balaban J connectivity index is 1.75. The summed E-state index contributed by atoms with van der Waals surface area (Å²) >= 11 is 0. The van der Waals surface area contributed by atoms with Gasteiger partial charge in [-0.25, -0.2) is 0 Å². The average molecular weight is 425 g/mol. The highest BCUT2D eigenvalue weighted by molar-refractivity contribution is 6.00. The number of amides is 1. The van der Waals surface area contributed by atoms with E-state index in [2.05, 4.69) is 5.32 Å². The Labute approximate surface area is 181 Å². The molecule has 0 aliphatic carbocycles. The SMILES string of the molecule is CCCOc1ccc(C(=O)CCC(=O)OCC(=O)c2ccc(NC(=O)CC)cc2)cc1.